The number of carbonyl (C=O) groups is 1. The van der Waals surface area contributed by atoms with Crippen molar-refractivity contribution in [1.82, 2.24) is 15.1 Å². The molecule has 0 aromatic rings. The van der Waals surface area contributed by atoms with Crippen LogP contribution in [0.4, 0.5) is 0 Å². The number of piperidine rings is 1. The second kappa shape index (κ2) is 8.71. The summed E-state index contributed by atoms with van der Waals surface area (Å²) in [4.78, 5) is 17.1. The Labute approximate surface area is 130 Å². The Bertz CT molecular complexity index is 321. The summed E-state index contributed by atoms with van der Waals surface area (Å²) >= 11 is 0. The highest BCUT2D eigenvalue weighted by atomic mass is 16.5. The van der Waals surface area contributed by atoms with Gasteiger partial charge in [0.2, 0.25) is 0 Å². The van der Waals surface area contributed by atoms with Crippen LogP contribution in [0.15, 0.2) is 0 Å². The molecule has 0 saturated carbocycles. The lowest BCUT2D eigenvalue weighted by molar-refractivity contribution is -0.154. The maximum Gasteiger partial charge on any atom is 0.326 e. The Balaban J connectivity index is 2.67. The van der Waals surface area contributed by atoms with Crippen LogP contribution >= 0.6 is 0 Å². The molecular formula is C16H33N3O2. The molecule has 0 radical (unpaired) electrons. The maximum absolute atomic E-state index is 12.5. The summed E-state index contributed by atoms with van der Waals surface area (Å²) in [6.07, 6.45) is 1.64. The summed E-state index contributed by atoms with van der Waals surface area (Å²) in [6, 6.07) is 0.393. The SMILES string of the molecule is CCOC(=O)C1(NCCN(CC)CC)CCN(C)C(C)C1. The van der Waals surface area contributed by atoms with Crippen molar-refractivity contribution in [2.45, 2.75) is 52.1 Å². The maximum atomic E-state index is 12.5. The molecule has 1 fully saturated rings. The molecule has 0 aromatic carbocycles. The van der Waals surface area contributed by atoms with Gasteiger partial charge in [0.1, 0.15) is 5.54 Å². The van der Waals surface area contributed by atoms with E-state index in [0.29, 0.717) is 12.6 Å². The topological polar surface area (TPSA) is 44.8 Å². The van der Waals surface area contributed by atoms with E-state index in [4.69, 9.17) is 4.74 Å². The van der Waals surface area contributed by atoms with E-state index >= 15 is 0 Å². The van der Waals surface area contributed by atoms with Gasteiger partial charge >= 0.3 is 5.97 Å². The molecule has 1 aliphatic rings. The Morgan fingerprint density at radius 2 is 2.05 bits per heavy atom. The van der Waals surface area contributed by atoms with Crippen LogP contribution in [-0.4, -0.2) is 73.7 Å². The number of likely N-dealkylation sites (N-methyl/N-ethyl adjacent to an activating group) is 1. The Kier molecular flexibility index (Phi) is 7.63. The first-order chi connectivity index (χ1) is 9.99. The van der Waals surface area contributed by atoms with Gasteiger partial charge in [-0.25, -0.2) is 0 Å². The number of rotatable bonds is 8. The monoisotopic (exact) mass is 299 g/mol. The highest BCUT2D eigenvalue weighted by Gasteiger charge is 2.44. The highest BCUT2D eigenvalue weighted by Crippen LogP contribution is 2.27. The zero-order valence-corrected chi connectivity index (χ0v) is 14.4. The number of hydrogen-bond donors (Lipinski definition) is 1. The molecule has 0 amide bonds. The molecule has 0 spiro atoms. The zero-order valence-electron chi connectivity index (χ0n) is 14.4. The lowest BCUT2D eigenvalue weighted by Crippen LogP contribution is -2.61. The molecular weight excluding hydrogens is 266 g/mol. The Hall–Kier alpha value is -0.650. The second-order valence-electron chi connectivity index (χ2n) is 6.04. The van der Waals surface area contributed by atoms with E-state index in [1.54, 1.807) is 0 Å². The lowest BCUT2D eigenvalue weighted by atomic mass is 9.83. The van der Waals surface area contributed by atoms with E-state index in [1.165, 1.54) is 0 Å². The van der Waals surface area contributed by atoms with E-state index in [1.807, 2.05) is 6.92 Å². The fourth-order valence-electron chi connectivity index (χ4n) is 3.03. The van der Waals surface area contributed by atoms with Crippen molar-refractivity contribution in [3.63, 3.8) is 0 Å². The van der Waals surface area contributed by atoms with Gasteiger partial charge in [-0.2, -0.15) is 0 Å². The number of carbonyl (C=O) groups excluding carboxylic acids is 1. The van der Waals surface area contributed by atoms with Gasteiger partial charge in [0.25, 0.3) is 0 Å². The zero-order chi connectivity index (χ0) is 15.9. The molecule has 0 aliphatic carbocycles. The third-order valence-corrected chi connectivity index (χ3v) is 4.74. The number of ether oxygens (including phenoxy) is 1. The standard InChI is InChI=1S/C16H33N3O2/c1-6-19(7-2)12-10-17-16(15(20)21-8-3)9-11-18(5)14(4)13-16/h14,17H,6-13H2,1-5H3. The number of hydrogen-bond acceptors (Lipinski definition) is 5. The molecule has 0 bridgehead atoms. The van der Waals surface area contributed by atoms with Gasteiger partial charge in [-0.05, 0) is 46.8 Å². The summed E-state index contributed by atoms with van der Waals surface area (Å²) < 4.78 is 5.34. The van der Waals surface area contributed by atoms with E-state index in [0.717, 1.165) is 45.6 Å². The second-order valence-corrected chi connectivity index (χ2v) is 6.04. The third-order valence-electron chi connectivity index (χ3n) is 4.74. The Morgan fingerprint density at radius 3 is 2.57 bits per heavy atom. The van der Waals surface area contributed by atoms with E-state index in [2.05, 4.69) is 42.9 Å². The molecule has 1 heterocycles. The van der Waals surface area contributed by atoms with Gasteiger partial charge in [0.05, 0.1) is 6.61 Å². The summed E-state index contributed by atoms with van der Waals surface area (Å²) in [7, 11) is 2.12. The molecule has 2 unspecified atom stereocenters. The summed E-state index contributed by atoms with van der Waals surface area (Å²) in [6.45, 7) is 13.7. The van der Waals surface area contributed by atoms with Gasteiger partial charge in [0.15, 0.2) is 0 Å². The number of nitrogens with zero attached hydrogens (tertiary/aromatic N) is 2. The smallest absolute Gasteiger partial charge is 0.326 e. The molecule has 1 aliphatic heterocycles. The normalized spacial score (nSPS) is 27.0. The Morgan fingerprint density at radius 1 is 1.38 bits per heavy atom. The minimum atomic E-state index is -0.505. The fraction of sp³-hybridized carbons (Fsp3) is 0.938. The molecule has 5 heteroatoms. The first-order valence-corrected chi connectivity index (χ1v) is 8.33. The predicted molar refractivity (Wildman–Crippen MR) is 86.5 cm³/mol. The van der Waals surface area contributed by atoms with Gasteiger partial charge in [-0.15, -0.1) is 0 Å². The number of esters is 1. The summed E-state index contributed by atoms with van der Waals surface area (Å²) in [5.74, 6) is -0.0792. The average Bonchev–Trinajstić information content (AvgIpc) is 2.47. The molecule has 1 saturated heterocycles. The largest absolute Gasteiger partial charge is 0.465 e. The van der Waals surface area contributed by atoms with Crippen LogP contribution in [0.1, 0.15) is 40.5 Å². The lowest BCUT2D eigenvalue weighted by Gasteiger charge is -2.43. The van der Waals surface area contributed by atoms with Crippen LogP contribution in [0.2, 0.25) is 0 Å². The van der Waals surface area contributed by atoms with E-state index in [9.17, 15) is 4.79 Å². The first-order valence-electron chi connectivity index (χ1n) is 8.33. The molecule has 2 atom stereocenters. The van der Waals surface area contributed by atoms with Crippen molar-refractivity contribution < 1.29 is 9.53 Å². The fourth-order valence-corrected chi connectivity index (χ4v) is 3.03. The molecule has 1 rings (SSSR count). The minimum absolute atomic E-state index is 0.0792. The molecule has 1 N–H and O–H groups in total. The van der Waals surface area contributed by atoms with Crippen molar-refractivity contribution in [1.29, 1.82) is 0 Å². The molecule has 5 nitrogen and oxygen atoms in total. The third kappa shape index (κ3) is 4.94. The average molecular weight is 299 g/mol. The summed E-state index contributed by atoms with van der Waals surface area (Å²) in [5.41, 5.74) is -0.505. The van der Waals surface area contributed by atoms with Gasteiger partial charge in [-0.1, -0.05) is 13.8 Å². The van der Waals surface area contributed by atoms with Crippen molar-refractivity contribution in [2.24, 2.45) is 0 Å². The number of likely N-dealkylation sites (tertiary alicyclic amines) is 1. The van der Waals surface area contributed by atoms with Gasteiger partial charge in [0, 0.05) is 25.7 Å². The number of nitrogens with one attached hydrogen (secondary N) is 1. The van der Waals surface area contributed by atoms with Crippen molar-refractivity contribution in [2.75, 3.05) is 46.4 Å². The van der Waals surface area contributed by atoms with Gasteiger partial charge < -0.3 is 19.9 Å². The first kappa shape index (κ1) is 18.4. The van der Waals surface area contributed by atoms with Crippen molar-refractivity contribution >= 4 is 5.97 Å². The quantitative estimate of drug-likeness (QED) is 0.685. The molecule has 21 heavy (non-hydrogen) atoms. The van der Waals surface area contributed by atoms with Crippen molar-refractivity contribution in [3.8, 4) is 0 Å². The van der Waals surface area contributed by atoms with Crippen molar-refractivity contribution in [3.05, 3.63) is 0 Å². The highest BCUT2D eigenvalue weighted by molar-refractivity contribution is 5.81. The predicted octanol–water partition coefficient (Wildman–Crippen LogP) is 1.33. The van der Waals surface area contributed by atoms with Gasteiger partial charge in [-0.3, -0.25) is 4.79 Å². The van der Waals surface area contributed by atoms with Crippen LogP contribution in [-0.2, 0) is 9.53 Å². The van der Waals surface area contributed by atoms with Crippen LogP contribution < -0.4 is 5.32 Å². The minimum Gasteiger partial charge on any atom is -0.465 e. The van der Waals surface area contributed by atoms with Crippen LogP contribution in [0.25, 0.3) is 0 Å². The van der Waals surface area contributed by atoms with Crippen LogP contribution in [0.5, 0.6) is 0 Å². The summed E-state index contributed by atoms with van der Waals surface area (Å²) in [5, 5.41) is 3.53. The van der Waals surface area contributed by atoms with E-state index < -0.39 is 5.54 Å². The van der Waals surface area contributed by atoms with Crippen LogP contribution in [0.3, 0.4) is 0 Å². The van der Waals surface area contributed by atoms with E-state index in [-0.39, 0.29) is 5.97 Å². The molecule has 124 valence electrons. The van der Waals surface area contributed by atoms with Crippen LogP contribution in [0, 0.1) is 0 Å². The molecule has 0 aromatic heterocycles.